The van der Waals surface area contributed by atoms with Gasteiger partial charge in [-0.1, -0.05) is 6.92 Å². The molecule has 17 heavy (non-hydrogen) atoms. The molecule has 4 heteroatoms. The number of benzene rings is 1. The van der Waals surface area contributed by atoms with Crippen LogP contribution in [0.25, 0.3) is 11.3 Å². The molecule has 0 spiro atoms. The molecule has 0 saturated heterocycles. The molecule has 0 amide bonds. The molecule has 1 heterocycles. The number of halogens is 1. The Morgan fingerprint density at radius 1 is 1.35 bits per heavy atom. The molecule has 0 aliphatic heterocycles. The van der Waals surface area contributed by atoms with E-state index in [2.05, 4.69) is 9.97 Å². The van der Waals surface area contributed by atoms with Crippen LogP contribution < -0.4 is 5.73 Å². The molecular formula is C13H16FN3. The van der Waals surface area contributed by atoms with Crippen LogP contribution in [0.3, 0.4) is 0 Å². The quantitative estimate of drug-likeness (QED) is 0.856. The fourth-order valence-electron chi connectivity index (χ4n) is 1.56. The van der Waals surface area contributed by atoms with Crippen molar-refractivity contribution in [3.63, 3.8) is 0 Å². The van der Waals surface area contributed by atoms with Gasteiger partial charge in [0, 0.05) is 0 Å². The molecule has 3 N–H and O–H groups in total. The Balaban J connectivity index is 2.33. The molecular weight excluding hydrogens is 217 g/mol. The highest BCUT2D eigenvalue weighted by Crippen LogP contribution is 2.23. The van der Waals surface area contributed by atoms with E-state index in [0.29, 0.717) is 0 Å². The molecule has 0 bridgehead atoms. The van der Waals surface area contributed by atoms with Crippen LogP contribution >= 0.6 is 0 Å². The number of aromatic amines is 1. The maximum atomic E-state index is 12.8. The first-order valence-corrected chi connectivity index (χ1v) is 5.63. The van der Waals surface area contributed by atoms with E-state index in [0.717, 1.165) is 23.5 Å². The molecule has 0 aliphatic carbocycles. The van der Waals surface area contributed by atoms with E-state index < -0.39 is 5.54 Å². The van der Waals surface area contributed by atoms with E-state index in [4.69, 9.17) is 5.73 Å². The molecule has 0 saturated carbocycles. The molecule has 0 radical (unpaired) electrons. The zero-order valence-electron chi connectivity index (χ0n) is 10.00. The van der Waals surface area contributed by atoms with Gasteiger partial charge in [-0.3, -0.25) is 0 Å². The van der Waals surface area contributed by atoms with Crippen molar-refractivity contribution in [3.8, 4) is 11.3 Å². The monoisotopic (exact) mass is 233 g/mol. The molecule has 1 aromatic heterocycles. The summed E-state index contributed by atoms with van der Waals surface area (Å²) in [7, 11) is 0. The van der Waals surface area contributed by atoms with Gasteiger partial charge in [0.25, 0.3) is 0 Å². The minimum absolute atomic E-state index is 0.245. The summed E-state index contributed by atoms with van der Waals surface area (Å²) < 4.78 is 12.8. The third kappa shape index (κ3) is 2.36. The Morgan fingerprint density at radius 2 is 2.00 bits per heavy atom. The van der Waals surface area contributed by atoms with Gasteiger partial charge in [-0.2, -0.15) is 0 Å². The smallest absolute Gasteiger partial charge is 0.126 e. The fraction of sp³-hybridized carbons (Fsp3) is 0.308. The number of nitrogens with one attached hydrogen (secondary N) is 1. The SMILES string of the molecule is CCC(C)(N)c1ncc(-c2ccc(F)cc2)[nH]1. The lowest BCUT2D eigenvalue weighted by Gasteiger charge is -2.19. The van der Waals surface area contributed by atoms with Gasteiger partial charge in [0.05, 0.1) is 17.4 Å². The van der Waals surface area contributed by atoms with Crippen molar-refractivity contribution in [1.82, 2.24) is 9.97 Å². The Bertz CT molecular complexity index is 500. The second kappa shape index (κ2) is 4.30. The zero-order valence-corrected chi connectivity index (χ0v) is 10.00. The predicted molar refractivity (Wildman–Crippen MR) is 65.8 cm³/mol. The standard InChI is InChI=1S/C13H16FN3/c1-3-13(2,15)12-16-8-11(17-12)9-4-6-10(14)7-5-9/h4-8H,3,15H2,1-2H3,(H,16,17). The van der Waals surface area contributed by atoms with Gasteiger partial charge in [-0.05, 0) is 43.2 Å². The summed E-state index contributed by atoms with van der Waals surface area (Å²) in [6.07, 6.45) is 2.52. The fourth-order valence-corrected chi connectivity index (χ4v) is 1.56. The first kappa shape index (κ1) is 11.8. The van der Waals surface area contributed by atoms with Crippen LogP contribution in [0, 0.1) is 5.82 Å². The summed E-state index contributed by atoms with van der Waals surface area (Å²) in [6.45, 7) is 3.94. The van der Waals surface area contributed by atoms with Crippen molar-refractivity contribution in [2.75, 3.05) is 0 Å². The highest BCUT2D eigenvalue weighted by molar-refractivity contribution is 5.58. The Morgan fingerprint density at radius 3 is 2.59 bits per heavy atom. The van der Waals surface area contributed by atoms with Crippen molar-refractivity contribution in [2.45, 2.75) is 25.8 Å². The van der Waals surface area contributed by atoms with E-state index in [1.165, 1.54) is 12.1 Å². The van der Waals surface area contributed by atoms with Gasteiger partial charge in [-0.15, -0.1) is 0 Å². The van der Waals surface area contributed by atoms with Gasteiger partial charge in [0.15, 0.2) is 0 Å². The van der Waals surface area contributed by atoms with Crippen molar-refractivity contribution >= 4 is 0 Å². The van der Waals surface area contributed by atoms with Gasteiger partial charge in [-0.25, -0.2) is 9.37 Å². The number of H-pyrrole nitrogens is 1. The molecule has 90 valence electrons. The summed E-state index contributed by atoms with van der Waals surface area (Å²) in [5.74, 6) is 0.505. The van der Waals surface area contributed by atoms with Crippen molar-refractivity contribution in [2.24, 2.45) is 5.73 Å². The highest BCUT2D eigenvalue weighted by atomic mass is 19.1. The summed E-state index contributed by atoms with van der Waals surface area (Å²) in [6, 6.07) is 6.29. The van der Waals surface area contributed by atoms with Gasteiger partial charge < -0.3 is 10.7 Å². The predicted octanol–water partition coefficient (Wildman–Crippen LogP) is 2.80. The number of nitrogens with two attached hydrogens (primary N) is 1. The van der Waals surface area contributed by atoms with Gasteiger partial charge >= 0.3 is 0 Å². The maximum absolute atomic E-state index is 12.8. The maximum Gasteiger partial charge on any atom is 0.126 e. The van der Waals surface area contributed by atoms with E-state index in [1.54, 1.807) is 18.3 Å². The highest BCUT2D eigenvalue weighted by Gasteiger charge is 2.22. The summed E-state index contributed by atoms with van der Waals surface area (Å²) in [5, 5.41) is 0. The number of aromatic nitrogens is 2. The van der Waals surface area contributed by atoms with Crippen LogP contribution in [-0.4, -0.2) is 9.97 Å². The molecule has 1 unspecified atom stereocenters. The van der Waals surface area contributed by atoms with Crippen molar-refractivity contribution in [3.05, 3.63) is 42.1 Å². The van der Waals surface area contributed by atoms with E-state index in [1.807, 2.05) is 13.8 Å². The van der Waals surface area contributed by atoms with E-state index in [9.17, 15) is 4.39 Å². The second-order valence-electron chi connectivity index (χ2n) is 4.42. The van der Waals surface area contributed by atoms with Crippen LogP contribution in [0.2, 0.25) is 0 Å². The van der Waals surface area contributed by atoms with E-state index in [-0.39, 0.29) is 5.82 Å². The molecule has 1 atom stereocenters. The molecule has 2 rings (SSSR count). The van der Waals surface area contributed by atoms with Gasteiger partial charge in [0.2, 0.25) is 0 Å². The first-order valence-electron chi connectivity index (χ1n) is 5.63. The number of imidazole rings is 1. The summed E-state index contributed by atoms with van der Waals surface area (Å²) in [4.78, 5) is 7.46. The minimum Gasteiger partial charge on any atom is -0.340 e. The second-order valence-corrected chi connectivity index (χ2v) is 4.42. The Kier molecular flexibility index (Phi) is 2.98. The Hall–Kier alpha value is -1.68. The van der Waals surface area contributed by atoms with Crippen LogP contribution in [0.1, 0.15) is 26.1 Å². The average Bonchev–Trinajstić information content (AvgIpc) is 2.80. The normalized spacial score (nSPS) is 14.6. The molecule has 1 aromatic carbocycles. The number of nitrogens with zero attached hydrogens (tertiary/aromatic N) is 1. The number of rotatable bonds is 3. The van der Waals surface area contributed by atoms with Crippen molar-refractivity contribution < 1.29 is 4.39 Å². The molecule has 3 nitrogen and oxygen atoms in total. The topological polar surface area (TPSA) is 54.7 Å². The number of hydrogen-bond acceptors (Lipinski definition) is 2. The Labute approximate surface area is 99.9 Å². The zero-order chi connectivity index (χ0) is 12.5. The van der Waals surface area contributed by atoms with Crippen LogP contribution in [0.5, 0.6) is 0 Å². The van der Waals surface area contributed by atoms with E-state index >= 15 is 0 Å². The van der Waals surface area contributed by atoms with Crippen LogP contribution in [0.4, 0.5) is 4.39 Å². The molecule has 0 aliphatic rings. The van der Waals surface area contributed by atoms with Crippen LogP contribution in [0.15, 0.2) is 30.5 Å². The summed E-state index contributed by atoms with van der Waals surface area (Å²) in [5.41, 5.74) is 7.39. The minimum atomic E-state index is -0.460. The lowest BCUT2D eigenvalue weighted by molar-refractivity contribution is 0.450. The lowest BCUT2D eigenvalue weighted by Crippen LogP contribution is -2.33. The third-order valence-corrected chi connectivity index (χ3v) is 3.01. The van der Waals surface area contributed by atoms with Gasteiger partial charge in [0.1, 0.15) is 11.6 Å². The molecule has 2 aromatic rings. The first-order chi connectivity index (χ1) is 8.03. The number of hydrogen-bond donors (Lipinski definition) is 2. The van der Waals surface area contributed by atoms with Crippen molar-refractivity contribution in [1.29, 1.82) is 0 Å². The van der Waals surface area contributed by atoms with Crippen LogP contribution in [-0.2, 0) is 5.54 Å². The third-order valence-electron chi connectivity index (χ3n) is 3.01. The lowest BCUT2D eigenvalue weighted by atomic mass is 10.00. The largest absolute Gasteiger partial charge is 0.340 e. The average molecular weight is 233 g/mol. The summed E-state index contributed by atoms with van der Waals surface area (Å²) >= 11 is 0. The molecule has 0 fully saturated rings.